The number of alkyl carbamates (subject to hydrolysis) is 1. The molecule has 2 rings (SSSR count). The predicted molar refractivity (Wildman–Crippen MR) is 146 cm³/mol. The second kappa shape index (κ2) is 17.3. The van der Waals surface area contributed by atoms with Gasteiger partial charge in [-0.1, -0.05) is 12.8 Å². The van der Waals surface area contributed by atoms with E-state index in [0.717, 1.165) is 43.4 Å². The van der Waals surface area contributed by atoms with E-state index in [1.807, 2.05) is 0 Å². The maximum absolute atomic E-state index is 12.7. The Morgan fingerprint density at radius 2 is 1.18 bits per heavy atom. The van der Waals surface area contributed by atoms with E-state index in [4.69, 9.17) is 11.5 Å². The lowest BCUT2D eigenvalue weighted by Gasteiger charge is -2.22. The first kappa shape index (κ1) is 32.8. The molecule has 40 heavy (non-hydrogen) atoms. The third-order valence-electron chi connectivity index (χ3n) is 7.46. The molecule has 0 aromatic heterocycles. The van der Waals surface area contributed by atoms with Crippen LogP contribution in [-0.2, 0) is 28.7 Å². The van der Waals surface area contributed by atoms with E-state index in [2.05, 4.69) is 20.7 Å². The number of nitrogens with zero attached hydrogens (tertiary/aromatic N) is 1. The van der Waals surface area contributed by atoms with Crippen molar-refractivity contribution >= 4 is 35.6 Å². The minimum absolute atomic E-state index is 0.00467. The number of ether oxygens (including phenoxy) is 1. The van der Waals surface area contributed by atoms with E-state index in [0.29, 0.717) is 50.6 Å². The highest BCUT2D eigenvalue weighted by Crippen LogP contribution is 2.39. The Morgan fingerprint density at radius 1 is 0.725 bits per heavy atom. The Balaban J connectivity index is 1.73. The highest BCUT2D eigenvalue weighted by atomic mass is 16.5. The van der Waals surface area contributed by atoms with Gasteiger partial charge < -0.3 is 37.1 Å². The standard InChI is InChI=1S/C27H46N6O7/c1-40-27(39)32-15-12-24(36)33(16-22(34)30-13-4-2-6-20(25(28)37)18-8-9-18)17-23(35)31-14-5-3-7-21(26(29)38)19-10-11-19/h18-21H,2-17H2,1H3,(H2,28,37)(H2,29,38)(H,30,34)(H,31,35)(H,32,39). The van der Waals surface area contributed by atoms with Crippen LogP contribution in [0.1, 0.15) is 70.6 Å². The van der Waals surface area contributed by atoms with Crippen molar-refractivity contribution in [1.82, 2.24) is 20.9 Å². The Labute approximate surface area is 235 Å². The van der Waals surface area contributed by atoms with Gasteiger partial charge in [0.2, 0.25) is 29.5 Å². The van der Waals surface area contributed by atoms with Crippen LogP contribution in [0, 0.1) is 23.7 Å². The van der Waals surface area contributed by atoms with Crippen LogP contribution in [-0.4, -0.2) is 80.4 Å². The van der Waals surface area contributed by atoms with Crippen LogP contribution < -0.4 is 27.4 Å². The van der Waals surface area contributed by atoms with Gasteiger partial charge in [-0.3, -0.25) is 24.0 Å². The van der Waals surface area contributed by atoms with Crippen molar-refractivity contribution in [2.45, 2.75) is 70.6 Å². The molecule has 0 bridgehead atoms. The molecule has 13 nitrogen and oxygen atoms in total. The summed E-state index contributed by atoms with van der Waals surface area (Å²) in [5.74, 6) is -1.26. The minimum atomic E-state index is -0.685. The molecule has 13 heteroatoms. The van der Waals surface area contributed by atoms with E-state index in [9.17, 15) is 28.8 Å². The molecule has 0 radical (unpaired) electrons. The third-order valence-corrected chi connectivity index (χ3v) is 7.46. The molecule has 2 saturated carbocycles. The lowest BCUT2D eigenvalue weighted by atomic mass is 9.96. The van der Waals surface area contributed by atoms with Gasteiger partial charge in [0.25, 0.3) is 0 Å². The average molecular weight is 567 g/mol. The van der Waals surface area contributed by atoms with Crippen LogP contribution in [0.4, 0.5) is 4.79 Å². The Bertz CT molecular complexity index is 837. The summed E-state index contributed by atoms with van der Waals surface area (Å²) in [4.78, 5) is 73.3. The smallest absolute Gasteiger partial charge is 0.406 e. The van der Waals surface area contributed by atoms with Crippen LogP contribution in [0.15, 0.2) is 0 Å². The summed E-state index contributed by atoms with van der Waals surface area (Å²) >= 11 is 0. The van der Waals surface area contributed by atoms with Crippen LogP contribution in [0.2, 0.25) is 0 Å². The maximum Gasteiger partial charge on any atom is 0.406 e. The summed E-state index contributed by atoms with van der Waals surface area (Å²) in [5.41, 5.74) is 11.0. The Morgan fingerprint density at radius 3 is 1.55 bits per heavy atom. The first-order valence-electron chi connectivity index (χ1n) is 14.3. The number of primary amides is 2. The molecule has 0 aromatic rings. The molecule has 0 heterocycles. The molecule has 226 valence electrons. The summed E-state index contributed by atoms with van der Waals surface area (Å²) in [6, 6.07) is 0. The second-order valence-electron chi connectivity index (χ2n) is 10.8. The summed E-state index contributed by atoms with van der Waals surface area (Å²) in [6.07, 6.45) is 7.55. The van der Waals surface area contributed by atoms with Crippen LogP contribution in [0.5, 0.6) is 0 Å². The van der Waals surface area contributed by atoms with Crippen molar-refractivity contribution in [2.75, 3.05) is 39.8 Å². The van der Waals surface area contributed by atoms with Gasteiger partial charge in [-0.2, -0.15) is 0 Å². The summed E-state index contributed by atoms with van der Waals surface area (Å²) in [6.45, 7) is 0.131. The van der Waals surface area contributed by atoms with Crippen molar-refractivity contribution in [3.63, 3.8) is 0 Å². The van der Waals surface area contributed by atoms with E-state index < -0.39 is 23.8 Å². The van der Waals surface area contributed by atoms with E-state index in [1.165, 1.54) is 7.11 Å². The third kappa shape index (κ3) is 13.1. The Kier molecular flexibility index (Phi) is 14.2. The average Bonchev–Trinajstić information content (AvgIpc) is 3.82. The number of unbranched alkanes of at least 4 members (excludes halogenated alkanes) is 2. The van der Waals surface area contributed by atoms with E-state index >= 15 is 0 Å². The molecule has 7 N–H and O–H groups in total. The van der Waals surface area contributed by atoms with Gasteiger partial charge in [-0.25, -0.2) is 4.79 Å². The maximum atomic E-state index is 12.7. The monoisotopic (exact) mass is 566 g/mol. The van der Waals surface area contributed by atoms with Gasteiger partial charge in [-0.05, 0) is 63.2 Å². The van der Waals surface area contributed by atoms with E-state index in [1.54, 1.807) is 0 Å². The molecular formula is C27H46N6O7. The Hall–Kier alpha value is -3.38. The molecule has 0 spiro atoms. The van der Waals surface area contributed by atoms with Gasteiger partial charge >= 0.3 is 6.09 Å². The highest BCUT2D eigenvalue weighted by molar-refractivity contribution is 5.89. The zero-order valence-electron chi connectivity index (χ0n) is 23.6. The number of methoxy groups -OCH3 is 1. The molecule has 0 saturated heterocycles. The topological polar surface area (TPSA) is 203 Å². The summed E-state index contributed by atoms with van der Waals surface area (Å²) in [7, 11) is 1.21. The van der Waals surface area contributed by atoms with Gasteiger partial charge in [0.1, 0.15) is 13.1 Å². The normalized spacial score (nSPS) is 15.8. The van der Waals surface area contributed by atoms with Gasteiger partial charge in [0, 0.05) is 37.9 Å². The number of carbonyl (C=O) groups excluding carboxylic acids is 6. The van der Waals surface area contributed by atoms with Gasteiger partial charge in [0.05, 0.1) is 7.11 Å². The van der Waals surface area contributed by atoms with E-state index in [-0.39, 0.29) is 49.7 Å². The second-order valence-corrected chi connectivity index (χ2v) is 10.8. The fourth-order valence-corrected chi connectivity index (χ4v) is 4.84. The number of carbonyl (C=O) groups is 6. The molecule has 2 aliphatic carbocycles. The predicted octanol–water partition coefficient (Wildman–Crippen LogP) is 0.157. The van der Waals surface area contributed by atoms with Crippen molar-refractivity contribution in [3.05, 3.63) is 0 Å². The van der Waals surface area contributed by atoms with Crippen LogP contribution in [0.3, 0.4) is 0 Å². The molecule has 2 fully saturated rings. The number of amides is 6. The molecule has 2 unspecified atom stereocenters. The van der Waals surface area contributed by atoms with Crippen molar-refractivity contribution in [3.8, 4) is 0 Å². The zero-order valence-corrected chi connectivity index (χ0v) is 23.6. The minimum Gasteiger partial charge on any atom is -0.453 e. The SMILES string of the molecule is COC(=O)NCCC(=O)N(CC(=O)NCCCCC(C(N)=O)C1CC1)CC(=O)NCCCCC(C(N)=O)C1CC1. The molecular weight excluding hydrogens is 520 g/mol. The highest BCUT2D eigenvalue weighted by Gasteiger charge is 2.35. The number of nitrogens with one attached hydrogen (secondary N) is 3. The van der Waals surface area contributed by atoms with Crippen molar-refractivity contribution < 1.29 is 33.5 Å². The molecule has 0 aromatic carbocycles. The number of rotatable bonds is 21. The molecule has 2 atom stereocenters. The fraction of sp³-hybridized carbons (Fsp3) is 0.778. The first-order chi connectivity index (χ1) is 19.1. The quantitative estimate of drug-likeness (QED) is 0.122. The molecule has 6 amide bonds. The number of nitrogens with two attached hydrogens (primary N) is 2. The van der Waals surface area contributed by atoms with Crippen molar-refractivity contribution in [1.29, 1.82) is 0 Å². The van der Waals surface area contributed by atoms with Gasteiger partial charge in [0.15, 0.2) is 0 Å². The number of hydrogen-bond acceptors (Lipinski definition) is 7. The fourth-order valence-electron chi connectivity index (χ4n) is 4.84. The first-order valence-corrected chi connectivity index (χ1v) is 14.3. The molecule has 0 aliphatic heterocycles. The van der Waals surface area contributed by atoms with Crippen LogP contribution in [0.25, 0.3) is 0 Å². The summed E-state index contributed by atoms with van der Waals surface area (Å²) < 4.78 is 4.48. The van der Waals surface area contributed by atoms with Crippen LogP contribution >= 0.6 is 0 Å². The largest absolute Gasteiger partial charge is 0.453 e. The zero-order chi connectivity index (χ0) is 29.5. The summed E-state index contributed by atoms with van der Waals surface area (Å²) in [5, 5.41) is 7.92. The van der Waals surface area contributed by atoms with Crippen molar-refractivity contribution in [2.24, 2.45) is 35.1 Å². The molecule has 2 aliphatic rings. The number of hydrogen-bond donors (Lipinski definition) is 5. The lowest BCUT2D eigenvalue weighted by molar-refractivity contribution is -0.139. The van der Waals surface area contributed by atoms with Gasteiger partial charge in [-0.15, -0.1) is 0 Å². The lowest BCUT2D eigenvalue weighted by Crippen LogP contribution is -2.46.